The van der Waals surface area contributed by atoms with Crippen LogP contribution in [0.5, 0.6) is 0 Å². The van der Waals surface area contributed by atoms with E-state index in [0.717, 1.165) is 35.0 Å². The van der Waals surface area contributed by atoms with E-state index in [1.165, 1.54) is 18.2 Å². The van der Waals surface area contributed by atoms with E-state index in [1.54, 1.807) is 6.08 Å². The highest BCUT2D eigenvalue weighted by molar-refractivity contribution is 7.90. The first-order valence-electron chi connectivity index (χ1n) is 10.4. The van der Waals surface area contributed by atoms with Crippen LogP contribution in [0.25, 0.3) is 11.8 Å². The number of carbonyl (C=O) groups is 1. The lowest BCUT2D eigenvalue weighted by Gasteiger charge is -2.08. The summed E-state index contributed by atoms with van der Waals surface area (Å²) in [6, 6.07) is 13.3. The highest BCUT2D eigenvalue weighted by Gasteiger charge is 2.18. The average Bonchev–Trinajstić information content (AvgIpc) is 3.08. The van der Waals surface area contributed by atoms with Gasteiger partial charge in [0.2, 0.25) is 5.91 Å². The van der Waals surface area contributed by atoms with Gasteiger partial charge in [-0.15, -0.1) is 0 Å². The zero-order chi connectivity index (χ0) is 24.9. The van der Waals surface area contributed by atoms with E-state index in [0.29, 0.717) is 0 Å². The number of sulfone groups is 1. The summed E-state index contributed by atoms with van der Waals surface area (Å²) < 4.78 is 25.1. The second kappa shape index (κ2) is 10.3. The molecular formula is C23H25N5O5S. The molecule has 0 bridgehead atoms. The first kappa shape index (κ1) is 24.6. The van der Waals surface area contributed by atoms with Gasteiger partial charge in [0.25, 0.3) is 5.69 Å². The number of nitrogens with one attached hydrogen (secondary N) is 2. The molecule has 0 spiro atoms. The number of benzene rings is 2. The molecule has 0 fully saturated rings. The quantitative estimate of drug-likeness (QED) is 0.207. The maximum absolute atomic E-state index is 12.2. The number of aromatic nitrogens is 2. The van der Waals surface area contributed by atoms with E-state index in [9.17, 15) is 23.3 Å². The molecule has 2 aromatic carbocycles. The molecule has 3 rings (SSSR count). The number of rotatable bonds is 9. The van der Waals surface area contributed by atoms with Crippen molar-refractivity contribution in [3.8, 4) is 5.69 Å². The molecule has 0 saturated carbocycles. The third-order valence-electron chi connectivity index (χ3n) is 5.08. The van der Waals surface area contributed by atoms with Gasteiger partial charge in [-0.25, -0.2) is 13.1 Å². The van der Waals surface area contributed by atoms with Crippen LogP contribution in [0.3, 0.4) is 0 Å². The second-order valence-electron chi connectivity index (χ2n) is 7.59. The van der Waals surface area contributed by atoms with Crippen LogP contribution in [0.2, 0.25) is 0 Å². The summed E-state index contributed by atoms with van der Waals surface area (Å²) in [6.07, 6.45) is 4.10. The van der Waals surface area contributed by atoms with Gasteiger partial charge in [-0.2, -0.15) is 5.10 Å². The molecule has 0 aliphatic heterocycles. The predicted molar refractivity (Wildman–Crippen MR) is 130 cm³/mol. The Balaban J connectivity index is 1.59. The Kier molecular flexibility index (Phi) is 7.47. The molecule has 2 N–H and O–H groups in total. The second-order valence-corrected chi connectivity index (χ2v) is 9.61. The number of nitrogens with zero attached hydrogens (tertiary/aromatic N) is 3. The third kappa shape index (κ3) is 5.87. The molecule has 1 amide bonds. The van der Waals surface area contributed by atoms with Crippen molar-refractivity contribution in [3.05, 3.63) is 81.7 Å². The number of carbonyl (C=O) groups excluding carboxylic acids is 1. The minimum atomic E-state index is -3.56. The normalized spacial score (nSPS) is 11.5. The van der Waals surface area contributed by atoms with Crippen LogP contribution in [0.4, 0.5) is 11.4 Å². The first-order chi connectivity index (χ1) is 16.1. The maximum atomic E-state index is 12.2. The lowest BCUT2D eigenvalue weighted by Crippen LogP contribution is -2.27. The van der Waals surface area contributed by atoms with Gasteiger partial charge in [-0.05, 0) is 44.2 Å². The number of nitro benzene ring substituents is 1. The van der Waals surface area contributed by atoms with Crippen LogP contribution in [0, 0.1) is 24.0 Å². The molecule has 10 nitrogen and oxygen atoms in total. The Hall–Kier alpha value is -3.99. The lowest BCUT2D eigenvalue weighted by atomic mass is 10.2. The Morgan fingerprint density at radius 2 is 1.85 bits per heavy atom. The third-order valence-corrected chi connectivity index (χ3v) is 6.19. The molecule has 3 aromatic rings. The van der Waals surface area contributed by atoms with Crippen LogP contribution in [-0.2, 0) is 14.6 Å². The molecule has 178 valence electrons. The Morgan fingerprint density at radius 3 is 2.50 bits per heavy atom. The maximum Gasteiger partial charge on any atom is 0.293 e. The Labute approximate surface area is 197 Å². The molecule has 11 heteroatoms. The van der Waals surface area contributed by atoms with Gasteiger partial charge in [0.1, 0.15) is 5.69 Å². The van der Waals surface area contributed by atoms with Crippen molar-refractivity contribution >= 4 is 33.2 Å². The number of anilines is 1. The van der Waals surface area contributed by atoms with E-state index in [1.807, 2.05) is 48.9 Å². The molecule has 0 aliphatic carbocycles. The summed E-state index contributed by atoms with van der Waals surface area (Å²) in [5.74, 6) is -0.324. The van der Waals surface area contributed by atoms with Gasteiger partial charge < -0.3 is 10.6 Å². The van der Waals surface area contributed by atoms with Crippen LogP contribution < -0.4 is 10.6 Å². The minimum absolute atomic E-state index is 0.135. The molecule has 0 saturated heterocycles. The highest BCUT2D eigenvalue weighted by Crippen LogP contribution is 2.27. The molecule has 0 unspecified atom stereocenters. The van der Waals surface area contributed by atoms with Crippen molar-refractivity contribution in [2.45, 2.75) is 18.7 Å². The number of hydrogen-bond acceptors (Lipinski definition) is 7. The van der Waals surface area contributed by atoms with E-state index in [-0.39, 0.29) is 35.3 Å². The molecule has 0 aliphatic rings. The van der Waals surface area contributed by atoms with Crippen molar-refractivity contribution in [1.29, 1.82) is 0 Å². The smallest absolute Gasteiger partial charge is 0.293 e. The molecule has 1 heterocycles. The molecule has 1 aromatic heterocycles. The Morgan fingerprint density at radius 1 is 1.15 bits per heavy atom. The fraction of sp³-hybridized carbons (Fsp3) is 0.217. The monoisotopic (exact) mass is 483 g/mol. The topological polar surface area (TPSA) is 136 Å². The molecule has 34 heavy (non-hydrogen) atoms. The fourth-order valence-electron chi connectivity index (χ4n) is 3.36. The van der Waals surface area contributed by atoms with Crippen molar-refractivity contribution < 1.29 is 18.1 Å². The number of amides is 1. The number of para-hydroxylation sites is 1. The van der Waals surface area contributed by atoms with Gasteiger partial charge in [-0.1, -0.05) is 18.2 Å². The lowest BCUT2D eigenvalue weighted by molar-refractivity contribution is -0.384. The summed E-state index contributed by atoms with van der Waals surface area (Å²) in [5.41, 5.74) is 3.28. The van der Waals surface area contributed by atoms with Crippen molar-refractivity contribution in [3.63, 3.8) is 0 Å². The highest BCUT2D eigenvalue weighted by atomic mass is 32.2. The van der Waals surface area contributed by atoms with Gasteiger partial charge >= 0.3 is 0 Å². The Bertz CT molecular complexity index is 1350. The van der Waals surface area contributed by atoms with Gasteiger partial charge in [0, 0.05) is 42.7 Å². The SMILES string of the molecule is Cc1nn(-c2ccccc2)c(C)c1/C=C/C(=O)NCCNc1ccc(S(C)(=O)=O)cc1[N+](=O)[O-]. The van der Waals surface area contributed by atoms with E-state index in [4.69, 9.17) is 0 Å². The molecule has 0 radical (unpaired) electrons. The predicted octanol–water partition coefficient (Wildman–Crippen LogP) is 3.04. The standard InChI is InChI=1S/C23H25N5O5S/c1-16-20(17(2)27(26-16)18-7-5-4-6-8-18)10-12-23(29)25-14-13-24-21-11-9-19(34(3,32)33)15-22(21)28(30)31/h4-12,15,24H,13-14H2,1-3H3,(H,25,29)/b12-10+. The van der Waals surface area contributed by atoms with E-state index < -0.39 is 14.8 Å². The first-order valence-corrected chi connectivity index (χ1v) is 12.3. The summed E-state index contributed by atoms with van der Waals surface area (Å²) in [7, 11) is -3.56. The molecule has 0 atom stereocenters. The number of aryl methyl sites for hydroxylation is 1. The minimum Gasteiger partial charge on any atom is -0.378 e. The van der Waals surface area contributed by atoms with Crippen LogP contribution >= 0.6 is 0 Å². The average molecular weight is 484 g/mol. The fourth-order valence-corrected chi connectivity index (χ4v) is 4.00. The van der Waals surface area contributed by atoms with Crippen LogP contribution in [0.1, 0.15) is 17.0 Å². The van der Waals surface area contributed by atoms with Crippen molar-refractivity contribution in [2.24, 2.45) is 0 Å². The zero-order valence-corrected chi connectivity index (χ0v) is 19.8. The van der Waals surface area contributed by atoms with Crippen molar-refractivity contribution in [2.75, 3.05) is 24.7 Å². The van der Waals surface area contributed by atoms with Gasteiger partial charge in [-0.3, -0.25) is 14.9 Å². The van der Waals surface area contributed by atoms with Crippen molar-refractivity contribution in [1.82, 2.24) is 15.1 Å². The molecular weight excluding hydrogens is 458 g/mol. The summed E-state index contributed by atoms with van der Waals surface area (Å²) in [6.45, 7) is 4.21. The van der Waals surface area contributed by atoms with Crippen LogP contribution in [0.15, 0.2) is 59.5 Å². The number of nitro groups is 1. The van der Waals surface area contributed by atoms with E-state index >= 15 is 0 Å². The van der Waals surface area contributed by atoms with E-state index in [2.05, 4.69) is 15.7 Å². The summed E-state index contributed by atoms with van der Waals surface area (Å²) in [4.78, 5) is 22.7. The van der Waals surface area contributed by atoms with Gasteiger partial charge in [0.05, 0.1) is 21.2 Å². The van der Waals surface area contributed by atoms with Gasteiger partial charge in [0.15, 0.2) is 9.84 Å². The largest absolute Gasteiger partial charge is 0.378 e. The van der Waals surface area contributed by atoms with Crippen LogP contribution in [-0.4, -0.2) is 48.4 Å². The summed E-state index contributed by atoms with van der Waals surface area (Å²) in [5, 5.41) is 21.4. The zero-order valence-electron chi connectivity index (χ0n) is 19.0. The summed E-state index contributed by atoms with van der Waals surface area (Å²) >= 11 is 0. The number of hydrogen-bond donors (Lipinski definition) is 2.